The zero-order valence-electron chi connectivity index (χ0n) is 13.4. The predicted molar refractivity (Wildman–Crippen MR) is 85.9 cm³/mol. The number of urea groups is 1. The van der Waals surface area contributed by atoms with Crippen molar-refractivity contribution in [3.63, 3.8) is 0 Å². The molecule has 2 rings (SSSR count). The number of rotatable bonds is 4. The molecule has 1 aromatic carbocycles. The fourth-order valence-corrected chi connectivity index (χ4v) is 2.47. The van der Waals surface area contributed by atoms with Gasteiger partial charge in [-0.15, -0.1) is 0 Å². The van der Waals surface area contributed by atoms with E-state index in [0.717, 1.165) is 4.90 Å². The lowest BCUT2D eigenvalue weighted by atomic mass is 10.0. The maximum Gasteiger partial charge on any atom is 0.325 e. The number of carbonyl (C=O) groups is 4. The molecule has 1 saturated heterocycles. The van der Waals surface area contributed by atoms with Crippen LogP contribution >= 0.6 is 0 Å². The number of amides is 5. The normalized spacial score (nSPS) is 16.1. The van der Waals surface area contributed by atoms with Crippen molar-refractivity contribution in [1.29, 1.82) is 0 Å². The molecule has 0 radical (unpaired) electrons. The van der Waals surface area contributed by atoms with E-state index >= 15 is 0 Å². The van der Waals surface area contributed by atoms with Gasteiger partial charge in [0.1, 0.15) is 6.54 Å². The van der Waals surface area contributed by atoms with Gasteiger partial charge < -0.3 is 16.4 Å². The molecular weight excluding hydrogens is 312 g/mol. The molecule has 5 amide bonds. The zero-order chi connectivity index (χ0) is 17.7. The lowest BCUT2D eigenvalue weighted by Gasteiger charge is -2.23. The van der Waals surface area contributed by atoms with Crippen LogP contribution in [0.5, 0.6) is 0 Å². The van der Waals surface area contributed by atoms with E-state index in [0.29, 0.717) is 17.5 Å². The molecule has 0 bridgehead atoms. The molecule has 0 saturated carbocycles. The number of hydrogen-bond acceptors (Lipinski definition) is 4. The van der Waals surface area contributed by atoms with Crippen LogP contribution in [0, 0.1) is 0 Å². The summed E-state index contributed by atoms with van der Waals surface area (Å²) in [6, 6.07) is 5.59. The van der Waals surface area contributed by atoms with Gasteiger partial charge in [-0.1, -0.05) is 19.1 Å². The van der Waals surface area contributed by atoms with Crippen molar-refractivity contribution in [1.82, 2.24) is 15.5 Å². The molecule has 1 aliphatic heterocycles. The number of nitrogens with two attached hydrogens (primary N) is 1. The van der Waals surface area contributed by atoms with Crippen molar-refractivity contribution in [2.75, 3.05) is 13.1 Å². The van der Waals surface area contributed by atoms with E-state index in [2.05, 4.69) is 10.6 Å². The molecule has 8 heteroatoms. The SMILES string of the molecule is CCC(NC(=O)N1CC(=O)NCCC1=O)c1cccc(C(N)=O)c1. The Balaban J connectivity index is 2.15. The zero-order valence-corrected chi connectivity index (χ0v) is 13.4. The van der Waals surface area contributed by atoms with Gasteiger partial charge in [0.05, 0.1) is 6.04 Å². The lowest BCUT2D eigenvalue weighted by molar-refractivity contribution is -0.130. The highest BCUT2D eigenvalue weighted by Crippen LogP contribution is 2.18. The molecule has 1 atom stereocenters. The molecular formula is C16H20N4O4. The van der Waals surface area contributed by atoms with E-state index in [9.17, 15) is 19.2 Å². The number of hydrogen-bond donors (Lipinski definition) is 3. The van der Waals surface area contributed by atoms with Gasteiger partial charge >= 0.3 is 6.03 Å². The molecule has 1 aromatic rings. The minimum absolute atomic E-state index is 0.0765. The molecule has 1 fully saturated rings. The second-order valence-corrected chi connectivity index (χ2v) is 5.48. The Morgan fingerprint density at radius 2 is 2.12 bits per heavy atom. The average Bonchev–Trinajstić information content (AvgIpc) is 2.73. The lowest BCUT2D eigenvalue weighted by Crippen LogP contribution is -2.47. The van der Waals surface area contributed by atoms with E-state index < -0.39 is 23.9 Å². The summed E-state index contributed by atoms with van der Waals surface area (Å²) in [7, 11) is 0. The molecule has 1 heterocycles. The molecule has 0 aliphatic carbocycles. The first kappa shape index (κ1) is 17.5. The smallest absolute Gasteiger partial charge is 0.325 e. The molecule has 0 aromatic heterocycles. The molecule has 1 aliphatic rings. The highest BCUT2D eigenvalue weighted by Gasteiger charge is 2.28. The van der Waals surface area contributed by atoms with E-state index in [1.54, 1.807) is 24.3 Å². The summed E-state index contributed by atoms with van der Waals surface area (Å²) in [5, 5.41) is 5.28. The minimum atomic E-state index is -0.631. The van der Waals surface area contributed by atoms with Gasteiger partial charge in [-0.05, 0) is 24.1 Å². The monoisotopic (exact) mass is 332 g/mol. The van der Waals surface area contributed by atoms with Crippen LogP contribution in [0.3, 0.4) is 0 Å². The molecule has 0 spiro atoms. The van der Waals surface area contributed by atoms with E-state index in [1.807, 2.05) is 6.92 Å². The van der Waals surface area contributed by atoms with Crippen molar-refractivity contribution in [3.8, 4) is 0 Å². The largest absolute Gasteiger partial charge is 0.366 e. The molecule has 128 valence electrons. The number of nitrogens with zero attached hydrogens (tertiary/aromatic N) is 1. The van der Waals surface area contributed by atoms with Crippen LogP contribution in [0.25, 0.3) is 0 Å². The van der Waals surface area contributed by atoms with Crippen LogP contribution in [0.4, 0.5) is 4.79 Å². The molecule has 4 N–H and O–H groups in total. The van der Waals surface area contributed by atoms with Crippen molar-refractivity contribution in [2.45, 2.75) is 25.8 Å². The van der Waals surface area contributed by atoms with Crippen molar-refractivity contribution in [3.05, 3.63) is 35.4 Å². The third-order valence-corrected chi connectivity index (χ3v) is 3.79. The second-order valence-electron chi connectivity index (χ2n) is 5.48. The van der Waals surface area contributed by atoms with Gasteiger partial charge in [0.15, 0.2) is 0 Å². The quantitative estimate of drug-likeness (QED) is 0.734. The van der Waals surface area contributed by atoms with Crippen LogP contribution in [-0.2, 0) is 9.59 Å². The Bertz CT molecular complexity index is 674. The van der Waals surface area contributed by atoms with Crippen molar-refractivity contribution >= 4 is 23.8 Å². The maximum atomic E-state index is 12.4. The predicted octanol–water partition coefficient (Wildman–Crippen LogP) is 0.295. The summed E-state index contributed by atoms with van der Waals surface area (Å²) >= 11 is 0. The minimum Gasteiger partial charge on any atom is -0.366 e. The Labute approximate surface area is 139 Å². The topological polar surface area (TPSA) is 122 Å². The first-order chi connectivity index (χ1) is 11.4. The first-order valence-electron chi connectivity index (χ1n) is 7.69. The summed E-state index contributed by atoms with van der Waals surface area (Å²) in [6.07, 6.45) is 0.620. The standard InChI is InChI=1S/C16H20N4O4/c1-2-12(10-4-3-5-11(8-10)15(17)23)19-16(24)20-9-13(21)18-7-6-14(20)22/h3-5,8,12H,2,6-7,9H2,1H3,(H2,17,23)(H,18,21)(H,19,24). The summed E-state index contributed by atoms with van der Waals surface area (Å²) in [4.78, 5) is 48.1. The van der Waals surface area contributed by atoms with Gasteiger partial charge in [-0.2, -0.15) is 0 Å². The highest BCUT2D eigenvalue weighted by molar-refractivity contribution is 5.99. The Morgan fingerprint density at radius 1 is 1.38 bits per heavy atom. The number of nitrogens with one attached hydrogen (secondary N) is 2. The number of benzene rings is 1. The molecule has 8 nitrogen and oxygen atoms in total. The third kappa shape index (κ3) is 4.09. The highest BCUT2D eigenvalue weighted by atomic mass is 16.2. The van der Waals surface area contributed by atoms with Crippen LogP contribution in [-0.4, -0.2) is 41.7 Å². The Hall–Kier alpha value is -2.90. The number of primary amides is 1. The summed E-state index contributed by atoms with van der Waals surface area (Å²) in [5.41, 5.74) is 6.31. The van der Waals surface area contributed by atoms with E-state index in [1.165, 1.54) is 0 Å². The molecule has 1 unspecified atom stereocenters. The Kier molecular flexibility index (Phi) is 5.51. The van der Waals surface area contributed by atoms with Crippen molar-refractivity contribution in [2.24, 2.45) is 5.73 Å². The molecule has 24 heavy (non-hydrogen) atoms. The van der Waals surface area contributed by atoms with E-state index in [4.69, 9.17) is 5.73 Å². The van der Waals surface area contributed by atoms with Gasteiger partial charge in [-0.3, -0.25) is 19.3 Å². The number of imide groups is 1. The maximum absolute atomic E-state index is 12.4. The first-order valence-corrected chi connectivity index (χ1v) is 7.69. The van der Waals surface area contributed by atoms with Crippen LogP contribution < -0.4 is 16.4 Å². The number of carbonyl (C=O) groups excluding carboxylic acids is 4. The summed E-state index contributed by atoms with van der Waals surface area (Å²) in [6.45, 7) is 1.78. The summed E-state index contributed by atoms with van der Waals surface area (Å²) < 4.78 is 0. The van der Waals surface area contributed by atoms with Gasteiger partial charge in [0.25, 0.3) is 0 Å². The fourth-order valence-electron chi connectivity index (χ4n) is 2.47. The van der Waals surface area contributed by atoms with Gasteiger partial charge in [0, 0.05) is 18.5 Å². The van der Waals surface area contributed by atoms with Crippen LogP contribution in [0.2, 0.25) is 0 Å². The van der Waals surface area contributed by atoms with E-state index in [-0.39, 0.29) is 25.4 Å². The van der Waals surface area contributed by atoms with Crippen molar-refractivity contribution < 1.29 is 19.2 Å². The Morgan fingerprint density at radius 3 is 2.79 bits per heavy atom. The van der Waals surface area contributed by atoms with Gasteiger partial charge in [0.2, 0.25) is 17.7 Å². The average molecular weight is 332 g/mol. The second kappa shape index (κ2) is 7.58. The third-order valence-electron chi connectivity index (χ3n) is 3.79. The summed E-state index contributed by atoms with van der Waals surface area (Å²) in [5.74, 6) is -1.34. The van der Waals surface area contributed by atoms with Gasteiger partial charge in [-0.25, -0.2) is 4.79 Å². The fraction of sp³-hybridized carbons (Fsp3) is 0.375. The van der Waals surface area contributed by atoms with Crippen LogP contribution in [0.15, 0.2) is 24.3 Å². The van der Waals surface area contributed by atoms with Crippen LogP contribution in [0.1, 0.15) is 41.7 Å².